The Bertz CT molecular complexity index is 532. The van der Waals surface area contributed by atoms with Crippen molar-refractivity contribution >= 4 is 23.4 Å². The number of halogens is 1. The quantitative estimate of drug-likeness (QED) is 0.869. The van der Waals surface area contributed by atoms with Gasteiger partial charge in [-0.15, -0.1) is 0 Å². The first-order chi connectivity index (χ1) is 9.65. The maximum Gasteiger partial charge on any atom is 0.246 e. The maximum atomic E-state index is 12.4. The van der Waals surface area contributed by atoms with Gasteiger partial charge >= 0.3 is 0 Å². The van der Waals surface area contributed by atoms with E-state index in [2.05, 4.69) is 5.32 Å². The van der Waals surface area contributed by atoms with Crippen LogP contribution in [0.25, 0.3) is 0 Å². The zero-order chi connectivity index (χ0) is 14.1. The number of hydrogen-bond donors (Lipinski definition) is 1. The van der Waals surface area contributed by atoms with E-state index in [0.29, 0.717) is 24.6 Å². The fraction of sp³-hybridized carbons (Fsp3) is 0.429. The van der Waals surface area contributed by atoms with Gasteiger partial charge in [-0.3, -0.25) is 9.59 Å². The second-order valence-corrected chi connectivity index (χ2v) is 5.45. The molecular weight excluding hydrogens is 280 g/mol. The standard InChI is InChI=1S/C14H15ClN2O3/c15-10-3-1-9(2-4-10)7-11-14(19)17-5-6-20-8-12(17)13(18)16-11/h1-4,11-12H,5-8H2,(H,16,18)/t11-,12-/m0/s1. The molecule has 2 heterocycles. The number of carbonyl (C=O) groups excluding carboxylic acids is 2. The summed E-state index contributed by atoms with van der Waals surface area (Å²) in [7, 11) is 0. The normalized spacial score (nSPS) is 26.1. The largest absolute Gasteiger partial charge is 0.377 e. The maximum absolute atomic E-state index is 12.4. The van der Waals surface area contributed by atoms with Crippen molar-refractivity contribution in [3.8, 4) is 0 Å². The summed E-state index contributed by atoms with van der Waals surface area (Å²) >= 11 is 5.84. The summed E-state index contributed by atoms with van der Waals surface area (Å²) in [4.78, 5) is 26.1. The Morgan fingerprint density at radius 3 is 2.80 bits per heavy atom. The lowest BCUT2D eigenvalue weighted by Crippen LogP contribution is -2.67. The number of hydrogen-bond acceptors (Lipinski definition) is 3. The van der Waals surface area contributed by atoms with Crippen LogP contribution in [-0.4, -0.2) is 48.6 Å². The average Bonchev–Trinajstić information content (AvgIpc) is 2.47. The molecule has 0 unspecified atom stereocenters. The van der Waals surface area contributed by atoms with Crippen LogP contribution in [0.1, 0.15) is 5.56 Å². The highest BCUT2D eigenvalue weighted by atomic mass is 35.5. The third-order valence-electron chi connectivity index (χ3n) is 3.68. The van der Waals surface area contributed by atoms with Crippen molar-refractivity contribution in [1.29, 1.82) is 0 Å². The lowest BCUT2D eigenvalue weighted by Gasteiger charge is -2.41. The number of ether oxygens (including phenoxy) is 1. The Labute approximate surface area is 121 Å². The van der Waals surface area contributed by atoms with E-state index in [-0.39, 0.29) is 18.4 Å². The molecule has 6 heteroatoms. The summed E-state index contributed by atoms with van der Waals surface area (Å²) in [6.07, 6.45) is 0.478. The van der Waals surface area contributed by atoms with Gasteiger partial charge in [-0.25, -0.2) is 0 Å². The van der Waals surface area contributed by atoms with E-state index in [1.54, 1.807) is 17.0 Å². The van der Waals surface area contributed by atoms with Gasteiger partial charge < -0.3 is 15.0 Å². The number of piperazine rings is 1. The molecule has 20 heavy (non-hydrogen) atoms. The highest BCUT2D eigenvalue weighted by Gasteiger charge is 2.41. The summed E-state index contributed by atoms with van der Waals surface area (Å²) in [5.41, 5.74) is 0.972. The number of benzene rings is 1. The Balaban J connectivity index is 1.75. The Kier molecular flexibility index (Phi) is 3.63. The van der Waals surface area contributed by atoms with Gasteiger partial charge in [-0.1, -0.05) is 23.7 Å². The van der Waals surface area contributed by atoms with E-state index in [9.17, 15) is 9.59 Å². The second kappa shape index (κ2) is 5.42. The summed E-state index contributed by atoms with van der Waals surface area (Å²) in [6, 6.07) is 6.32. The Morgan fingerprint density at radius 1 is 1.30 bits per heavy atom. The minimum absolute atomic E-state index is 0.0344. The van der Waals surface area contributed by atoms with Crippen molar-refractivity contribution in [2.75, 3.05) is 19.8 Å². The molecule has 0 bridgehead atoms. The van der Waals surface area contributed by atoms with Crippen LogP contribution < -0.4 is 5.32 Å². The van der Waals surface area contributed by atoms with Gasteiger partial charge in [0, 0.05) is 18.0 Å². The van der Waals surface area contributed by atoms with E-state index in [4.69, 9.17) is 16.3 Å². The van der Waals surface area contributed by atoms with Crippen LogP contribution in [0.4, 0.5) is 0 Å². The molecular formula is C14H15ClN2O3. The number of morpholine rings is 1. The molecule has 2 saturated heterocycles. The van der Waals surface area contributed by atoms with Gasteiger partial charge in [0.15, 0.2) is 0 Å². The molecule has 3 rings (SSSR count). The Morgan fingerprint density at radius 2 is 2.05 bits per heavy atom. The van der Waals surface area contributed by atoms with Crippen LogP contribution in [-0.2, 0) is 20.7 Å². The van der Waals surface area contributed by atoms with E-state index in [0.717, 1.165) is 5.56 Å². The first-order valence-corrected chi connectivity index (χ1v) is 6.96. The minimum Gasteiger partial charge on any atom is -0.377 e. The lowest BCUT2D eigenvalue weighted by atomic mass is 10.00. The summed E-state index contributed by atoms with van der Waals surface area (Å²) in [6.45, 7) is 1.25. The zero-order valence-corrected chi connectivity index (χ0v) is 11.6. The molecule has 0 aromatic heterocycles. The molecule has 0 aliphatic carbocycles. The predicted octanol–water partition coefficient (Wildman–Crippen LogP) is 0.608. The molecule has 1 N–H and O–H groups in total. The minimum atomic E-state index is -0.502. The molecule has 2 amide bonds. The van der Waals surface area contributed by atoms with Crippen molar-refractivity contribution in [3.63, 3.8) is 0 Å². The fourth-order valence-corrected chi connectivity index (χ4v) is 2.74. The summed E-state index contributed by atoms with van der Waals surface area (Å²) < 4.78 is 5.25. The van der Waals surface area contributed by atoms with Gasteiger partial charge in [-0.05, 0) is 17.7 Å². The van der Waals surface area contributed by atoms with Crippen molar-refractivity contribution in [2.45, 2.75) is 18.5 Å². The molecule has 2 aliphatic heterocycles. The van der Waals surface area contributed by atoms with Crippen molar-refractivity contribution in [3.05, 3.63) is 34.9 Å². The van der Waals surface area contributed by atoms with E-state index in [1.807, 2.05) is 12.1 Å². The van der Waals surface area contributed by atoms with Crippen molar-refractivity contribution in [1.82, 2.24) is 10.2 Å². The highest BCUT2D eigenvalue weighted by molar-refractivity contribution is 6.30. The second-order valence-electron chi connectivity index (χ2n) is 5.01. The van der Waals surface area contributed by atoms with Crippen LogP contribution in [0.3, 0.4) is 0 Å². The third-order valence-corrected chi connectivity index (χ3v) is 3.93. The fourth-order valence-electron chi connectivity index (χ4n) is 2.61. The molecule has 0 radical (unpaired) electrons. The number of nitrogens with one attached hydrogen (secondary N) is 1. The predicted molar refractivity (Wildman–Crippen MR) is 73.4 cm³/mol. The average molecular weight is 295 g/mol. The van der Waals surface area contributed by atoms with Crippen LogP contribution in [0, 0.1) is 0 Å². The van der Waals surface area contributed by atoms with E-state index in [1.165, 1.54) is 0 Å². The molecule has 1 aromatic rings. The van der Waals surface area contributed by atoms with Crippen molar-refractivity contribution in [2.24, 2.45) is 0 Å². The highest BCUT2D eigenvalue weighted by Crippen LogP contribution is 2.18. The molecule has 0 spiro atoms. The molecule has 0 saturated carbocycles. The Hall–Kier alpha value is -1.59. The zero-order valence-electron chi connectivity index (χ0n) is 10.8. The third kappa shape index (κ3) is 2.51. The number of rotatable bonds is 2. The van der Waals surface area contributed by atoms with Gasteiger partial charge in [0.2, 0.25) is 11.8 Å². The first kappa shape index (κ1) is 13.4. The SMILES string of the molecule is O=C1N[C@@H](Cc2ccc(Cl)cc2)C(=O)N2CCOC[C@@H]12. The van der Waals surface area contributed by atoms with Crippen LogP contribution in [0.5, 0.6) is 0 Å². The van der Waals surface area contributed by atoms with E-state index < -0.39 is 12.1 Å². The number of carbonyl (C=O) groups is 2. The molecule has 5 nitrogen and oxygen atoms in total. The molecule has 2 aliphatic rings. The van der Waals surface area contributed by atoms with E-state index >= 15 is 0 Å². The van der Waals surface area contributed by atoms with Gasteiger partial charge in [0.25, 0.3) is 0 Å². The molecule has 1 aromatic carbocycles. The van der Waals surface area contributed by atoms with Crippen LogP contribution in [0.2, 0.25) is 5.02 Å². The smallest absolute Gasteiger partial charge is 0.246 e. The first-order valence-electron chi connectivity index (χ1n) is 6.58. The van der Waals surface area contributed by atoms with Gasteiger partial charge in [-0.2, -0.15) is 0 Å². The lowest BCUT2D eigenvalue weighted by molar-refractivity contribution is -0.157. The topological polar surface area (TPSA) is 58.6 Å². The monoisotopic (exact) mass is 294 g/mol. The van der Waals surface area contributed by atoms with Crippen molar-refractivity contribution < 1.29 is 14.3 Å². The summed E-state index contributed by atoms with van der Waals surface area (Å²) in [5, 5.41) is 3.44. The van der Waals surface area contributed by atoms with Crippen LogP contribution in [0.15, 0.2) is 24.3 Å². The number of nitrogens with zero attached hydrogens (tertiary/aromatic N) is 1. The van der Waals surface area contributed by atoms with Gasteiger partial charge in [0.05, 0.1) is 13.2 Å². The van der Waals surface area contributed by atoms with Gasteiger partial charge in [0.1, 0.15) is 12.1 Å². The molecule has 2 fully saturated rings. The van der Waals surface area contributed by atoms with Crippen LogP contribution >= 0.6 is 11.6 Å². The molecule has 106 valence electrons. The number of fused-ring (bicyclic) bond motifs is 1. The number of amides is 2. The summed E-state index contributed by atoms with van der Waals surface area (Å²) in [5.74, 6) is -0.170. The molecule has 2 atom stereocenters.